The molecule has 0 bridgehead atoms. The number of fused-ring (bicyclic) bond motifs is 7. The number of hydrogen-bond donors (Lipinski definition) is 0. The molecule has 49 heavy (non-hydrogen) atoms. The Balaban J connectivity index is 1.14. The average Bonchev–Trinajstić information content (AvgIpc) is 3.75. The molecule has 0 N–H and O–H groups in total. The molecule has 3 heteroatoms. The lowest BCUT2D eigenvalue weighted by atomic mass is 9.95. The van der Waals surface area contributed by atoms with Gasteiger partial charge in [-0.05, 0) is 81.6 Å². The van der Waals surface area contributed by atoms with Crippen molar-refractivity contribution in [1.82, 2.24) is 0 Å². The van der Waals surface area contributed by atoms with Crippen LogP contribution in [-0.4, -0.2) is 0 Å². The molecule has 0 saturated carbocycles. The average molecular weight is 644 g/mol. The Morgan fingerprint density at radius 2 is 1.12 bits per heavy atom. The first-order valence-corrected chi connectivity index (χ1v) is 17.4. The van der Waals surface area contributed by atoms with Gasteiger partial charge in [0.05, 0.1) is 21.5 Å². The van der Waals surface area contributed by atoms with Crippen LogP contribution in [0.15, 0.2) is 180 Å². The number of thiophene rings is 1. The maximum Gasteiger partial charge on any atom is 0.137 e. The van der Waals surface area contributed by atoms with Crippen molar-refractivity contribution < 1.29 is 4.42 Å². The number of anilines is 3. The summed E-state index contributed by atoms with van der Waals surface area (Å²) in [6, 6.07) is 63.2. The van der Waals surface area contributed by atoms with Gasteiger partial charge in [-0.15, -0.1) is 11.3 Å². The SMILES string of the molecule is c1ccc(-c2cccc3cc(-c4ccc(N(c5cccc6c5sc5ccccc56)c5cccc6oc7ccccc7c56)cc4)ccc23)cc1. The van der Waals surface area contributed by atoms with Gasteiger partial charge in [-0.3, -0.25) is 0 Å². The van der Waals surface area contributed by atoms with Crippen molar-refractivity contribution in [2.45, 2.75) is 0 Å². The number of rotatable bonds is 5. The van der Waals surface area contributed by atoms with Crippen molar-refractivity contribution in [3.8, 4) is 22.3 Å². The molecular formula is C46H29NOS. The zero-order chi connectivity index (χ0) is 32.3. The molecule has 0 aliphatic carbocycles. The fourth-order valence-corrected chi connectivity index (χ4v) is 8.60. The molecular weight excluding hydrogens is 615 g/mol. The summed E-state index contributed by atoms with van der Waals surface area (Å²) in [6.07, 6.45) is 0. The van der Waals surface area contributed by atoms with Crippen LogP contribution in [0.2, 0.25) is 0 Å². The first-order chi connectivity index (χ1) is 24.3. The highest BCUT2D eigenvalue weighted by molar-refractivity contribution is 7.26. The molecule has 0 saturated heterocycles. The second-order valence-electron chi connectivity index (χ2n) is 12.5. The van der Waals surface area contributed by atoms with Gasteiger partial charge in [0.15, 0.2) is 0 Å². The van der Waals surface area contributed by atoms with Crippen LogP contribution in [0.3, 0.4) is 0 Å². The first-order valence-electron chi connectivity index (χ1n) is 16.6. The summed E-state index contributed by atoms with van der Waals surface area (Å²) in [5, 5.41) is 7.29. The van der Waals surface area contributed by atoms with Gasteiger partial charge in [0.25, 0.3) is 0 Å². The largest absolute Gasteiger partial charge is 0.456 e. The van der Waals surface area contributed by atoms with E-state index in [2.05, 4.69) is 175 Å². The van der Waals surface area contributed by atoms with Crippen LogP contribution >= 0.6 is 11.3 Å². The Kier molecular flexibility index (Phi) is 6.39. The molecule has 0 atom stereocenters. The monoisotopic (exact) mass is 643 g/mol. The van der Waals surface area contributed by atoms with Gasteiger partial charge < -0.3 is 9.32 Å². The molecule has 10 rings (SSSR count). The molecule has 230 valence electrons. The topological polar surface area (TPSA) is 16.4 Å². The molecule has 8 aromatic carbocycles. The molecule has 2 nitrogen and oxygen atoms in total. The van der Waals surface area contributed by atoms with E-state index in [4.69, 9.17) is 4.42 Å². The van der Waals surface area contributed by atoms with E-state index < -0.39 is 0 Å². The van der Waals surface area contributed by atoms with E-state index in [1.807, 2.05) is 17.4 Å². The highest BCUT2D eigenvalue weighted by atomic mass is 32.1. The van der Waals surface area contributed by atoms with Crippen molar-refractivity contribution in [2.24, 2.45) is 0 Å². The van der Waals surface area contributed by atoms with E-state index in [-0.39, 0.29) is 0 Å². The van der Waals surface area contributed by atoms with Crippen molar-refractivity contribution >= 4 is 81.3 Å². The molecule has 0 radical (unpaired) electrons. The van der Waals surface area contributed by atoms with Crippen LogP contribution in [0.1, 0.15) is 0 Å². The van der Waals surface area contributed by atoms with Gasteiger partial charge in [0.2, 0.25) is 0 Å². The van der Waals surface area contributed by atoms with E-state index in [0.717, 1.165) is 39.0 Å². The van der Waals surface area contributed by atoms with Crippen LogP contribution < -0.4 is 4.90 Å². The minimum absolute atomic E-state index is 0.884. The summed E-state index contributed by atoms with van der Waals surface area (Å²) in [5.74, 6) is 0. The molecule has 0 amide bonds. The van der Waals surface area contributed by atoms with Crippen molar-refractivity contribution in [3.05, 3.63) is 176 Å². The zero-order valence-electron chi connectivity index (χ0n) is 26.5. The van der Waals surface area contributed by atoms with Gasteiger partial charge in [-0.25, -0.2) is 0 Å². The fourth-order valence-electron chi connectivity index (χ4n) is 7.39. The van der Waals surface area contributed by atoms with Crippen LogP contribution in [0.25, 0.3) is 75.1 Å². The van der Waals surface area contributed by atoms with E-state index in [1.54, 1.807) is 0 Å². The first kappa shape index (κ1) is 27.9. The lowest BCUT2D eigenvalue weighted by Gasteiger charge is -2.27. The van der Waals surface area contributed by atoms with Crippen LogP contribution in [0, 0.1) is 0 Å². The molecule has 2 heterocycles. The molecule has 0 aliphatic rings. The van der Waals surface area contributed by atoms with Crippen molar-refractivity contribution in [2.75, 3.05) is 4.90 Å². The normalized spacial score (nSPS) is 11.7. The second-order valence-corrected chi connectivity index (χ2v) is 13.5. The summed E-state index contributed by atoms with van der Waals surface area (Å²) in [6.45, 7) is 0. The minimum atomic E-state index is 0.884. The van der Waals surface area contributed by atoms with Gasteiger partial charge >= 0.3 is 0 Å². The Bertz CT molecular complexity index is 2830. The lowest BCUT2D eigenvalue weighted by Crippen LogP contribution is -2.10. The van der Waals surface area contributed by atoms with Crippen LogP contribution in [0.5, 0.6) is 0 Å². The minimum Gasteiger partial charge on any atom is -0.456 e. The van der Waals surface area contributed by atoms with Gasteiger partial charge in [-0.2, -0.15) is 0 Å². The predicted octanol–water partition coefficient (Wildman–Crippen LogP) is 13.9. The van der Waals surface area contributed by atoms with E-state index >= 15 is 0 Å². The Labute approximate surface area is 287 Å². The Hall–Kier alpha value is -6.16. The number of nitrogens with zero attached hydrogens (tertiary/aromatic N) is 1. The summed E-state index contributed by atoms with van der Waals surface area (Å²) in [4.78, 5) is 2.41. The highest BCUT2D eigenvalue weighted by Crippen LogP contribution is 2.48. The van der Waals surface area contributed by atoms with Crippen LogP contribution in [-0.2, 0) is 0 Å². The highest BCUT2D eigenvalue weighted by Gasteiger charge is 2.22. The molecule has 0 aliphatic heterocycles. The van der Waals surface area contributed by atoms with Crippen molar-refractivity contribution in [3.63, 3.8) is 0 Å². The maximum absolute atomic E-state index is 6.38. The van der Waals surface area contributed by atoms with E-state index in [1.165, 1.54) is 53.2 Å². The summed E-state index contributed by atoms with van der Waals surface area (Å²) in [5.41, 5.74) is 10.0. The standard InChI is InChI=1S/C46H29NOS/c1-2-11-31(12-3-1)35-16-8-13-33-29-32(25-28-36(33)35)30-23-26-34(27-24-30)47(40-18-10-21-43-45(40)39-15-4-6-20-42(39)48-43)41-19-9-17-38-37-14-5-7-22-44(37)49-46(38)41/h1-29H. The third-order valence-corrected chi connectivity index (χ3v) is 10.9. The van der Waals surface area contributed by atoms with E-state index in [0.29, 0.717) is 0 Å². The quantitative estimate of drug-likeness (QED) is 0.186. The summed E-state index contributed by atoms with van der Waals surface area (Å²) in [7, 11) is 0. The number of hydrogen-bond acceptors (Lipinski definition) is 3. The fraction of sp³-hybridized carbons (Fsp3) is 0. The third-order valence-electron chi connectivity index (χ3n) is 9.67. The van der Waals surface area contributed by atoms with E-state index in [9.17, 15) is 0 Å². The van der Waals surface area contributed by atoms with Gasteiger partial charge in [0.1, 0.15) is 11.2 Å². The summed E-state index contributed by atoms with van der Waals surface area (Å²) < 4.78 is 8.93. The molecule has 0 unspecified atom stereocenters. The third kappa shape index (κ3) is 4.55. The number of benzene rings is 8. The van der Waals surface area contributed by atoms with Crippen molar-refractivity contribution in [1.29, 1.82) is 0 Å². The zero-order valence-corrected chi connectivity index (χ0v) is 27.3. The second kappa shape index (κ2) is 11.2. The van der Waals surface area contributed by atoms with Gasteiger partial charge in [0, 0.05) is 26.5 Å². The smallest absolute Gasteiger partial charge is 0.137 e. The molecule has 2 aromatic heterocycles. The molecule has 0 fully saturated rings. The predicted molar refractivity (Wildman–Crippen MR) is 210 cm³/mol. The maximum atomic E-state index is 6.38. The molecule has 0 spiro atoms. The Morgan fingerprint density at radius 3 is 2.02 bits per heavy atom. The summed E-state index contributed by atoms with van der Waals surface area (Å²) >= 11 is 1.85. The van der Waals surface area contributed by atoms with Gasteiger partial charge in [-0.1, -0.05) is 127 Å². The molecule has 10 aromatic rings. The van der Waals surface area contributed by atoms with Crippen LogP contribution in [0.4, 0.5) is 17.1 Å². The number of furan rings is 1. The number of para-hydroxylation sites is 1. The lowest BCUT2D eigenvalue weighted by molar-refractivity contribution is 0.669. The Morgan fingerprint density at radius 1 is 0.429 bits per heavy atom.